The molecule has 1 atom stereocenters. The van der Waals surface area contributed by atoms with Gasteiger partial charge >= 0.3 is 0 Å². The van der Waals surface area contributed by atoms with Gasteiger partial charge in [-0.2, -0.15) is 0 Å². The van der Waals surface area contributed by atoms with E-state index in [0.717, 1.165) is 38.9 Å². The second kappa shape index (κ2) is 11.0. The van der Waals surface area contributed by atoms with E-state index in [1.54, 1.807) is 0 Å². The number of hydrogen-bond donors (Lipinski definition) is 2. The maximum absolute atomic E-state index is 11.9. The van der Waals surface area contributed by atoms with Crippen molar-refractivity contribution in [3.05, 3.63) is 0 Å². The highest BCUT2D eigenvalue weighted by atomic mass is 16.1. The topological polar surface area (TPSA) is 44.4 Å². The highest BCUT2D eigenvalue weighted by Gasteiger charge is 2.15. The lowest BCUT2D eigenvalue weighted by Gasteiger charge is -2.23. The smallest absolute Gasteiger partial charge is 0.234 e. The van der Waals surface area contributed by atoms with Crippen molar-refractivity contribution < 1.29 is 4.79 Å². The van der Waals surface area contributed by atoms with Gasteiger partial charge in [-0.1, -0.05) is 33.1 Å². The van der Waals surface area contributed by atoms with Crippen LogP contribution in [-0.4, -0.2) is 49.1 Å². The van der Waals surface area contributed by atoms with Crippen LogP contribution in [0.25, 0.3) is 0 Å². The van der Waals surface area contributed by atoms with Crippen molar-refractivity contribution in [2.45, 2.75) is 77.8 Å². The molecule has 0 spiro atoms. The van der Waals surface area contributed by atoms with E-state index in [1.165, 1.54) is 25.7 Å². The summed E-state index contributed by atoms with van der Waals surface area (Å²) in [6.45, 7) is 10.5. The van der Waals surface area contributed by atoms with Crippen LogP contribution in [0.2, 0.25) is 0 Å². The Labute approximate surface area is 131 Å². The molecule has 1 fully saturated rings. The van der Waals surface area contributed by atoms with Gasteiger partial charge in [-0.15, -0.1) is 0 Å². The summed E-state index contributed by atoms with van der Waals surface area (Å²) in [5.74, 6) is 0.164. The molecule has 1 aliphatic rings. The van der Waals surface area contributed by atoms with E-state index in [0.29, 0.717) is 18.6 Å². The molecule has 0 heterocycles. The first-order valence-corrected chi connectivity index (χ1v) is 8.90. The quantitative estimate of drug-likeness (QED) is 0.651. The van der Waals surface area contributed by atoms with Crippen LogP contribution < -0.4 is 10.6 Å². The zero-order valence-corrected chi connectivity index (χ0v) is 14.3. The fourth-order valence-corrected chi connectivity index (χ4v) is 3.06. The lowest BCUT2D eigenvalue weighted by Crippen LogP contribution is -2.43. The first-order chi connectivity index (χ1) is 10.2. The van der Waals surface area contributed by atoms with E-state index in [-0.39, 0.29) is 5.91 Å². The number of nitrogens with zero attached hydrogens (tertiary/aromatic N) is 1. The Morgan fingerprint density at radius 1 is 1.19 bits per heavy atom. The Kier molecular flexibility index (Phi) is 9.68. The summed E-state index contributed by atoms with van der Waals surface area (Å²) < 4.78 is 0. The van der Waals surface area contributed by atoms with Gasteiger partial charge in [0.2, 0.25) is 5.91 Å². The maximum Gasteiger partial charge on any atom is 0.234 e. The molecule has 0 aromatic rings. The van der Waals surface area contributed by atoms with Crippen LogP contribution in [-0.2, 0) is 4.79 Å². The van der Waals surface area contributed by atoms with Crippen molar-refractivity contribution in [1.82, 2.24) is 15.5 Å². The van der Waals surface area contributed by atoms with E-state index in [9.17, 15) is 4.79 Å². The average molecular weight is 297 g/mol. The Morgan fingerprint density at radius 3 is 2.48 bits per heavy atom. The molecule has 21 heavy (non-hydrogen) atoms. The minimum Gasteiger partial charge on any atom is -0.352 e. The van der Waals surface area contributed by atoms with Crippen molar-refractivity contribution in [2.24, 2.45) is 0 Å². The fourth-order valence-electron chi connectivity index (χ4n) is 3.06. The van der Waals surface area contributed by atoms with Gasteiger partial charge in [0.1, 0.15) is 0 Å². The highest BCUT2D eigenvalue weighted by molar-refractivity contribution is 5.78. The van der Waals surface area contributed by atoms with Crippen molar-refractivity contribution in [3.63, 3.8) is 0 Å². The van der Waals surface area contributed by atoms with Crippen LogP contribution in [0.4, 0.5) is 0 Å². The van der Waals surface area contributed by atoms with Crippen LogP contribution in [0.1, 0.15) is 65.7 Å². The van der Waals surface area contributed by atoms with Crippen molar-refractivity contribution in [2.75, 3.05) is 26.2 Å². The predicted molar refractivity (Wildman–Crippen MR) is 89.5 cm³/mol. The third-order valence-corrected chi connectivity index (χ3v) is 4.59. The molecule has 0 aromatic heterocycles. The molecule has 1 saturated carbocycles. The van der Waals surface area contributed by atoms with Gasteiger partial charge in [-0.3, -0.25) is 4.79 Å². The van der Waals surface area contributed by atoms with Gasteiger partial charge in [0.05, 0.1) is 6.54 Å². The second-order valence-corrected chi connectivity index (χ2v) is 6.35. The monoisotopic (exact) mass is 297 g/mol. The van der Waals surface area contributed by atoms with E-state index >= 15 is 0 Å². The summed E-state index contributed by atoms with van der Waals surface area (Å²) in [6.07, 6.45) is 8.50. The van der Waals surface area contributed by atoms with Gasteiger partial charge in [-0.05, 0) is 52.2 Å². The zero-order chi connectivity index (χ0) is 15.5. The molecule has 1 rings (SSSR count). The molecule has 1 aliphatic carbocycles. The molecular weight excluding hydrogens is 262 g/mol. The molecule has 1 amide bonds. The molecular formula is C17H35N3O. The first-order valence-electron chi connectivity index (χ1n) is 8.90. The predicted octanol–water partition coefficient (Wildman–Crippen LogP) is 2.54. The van der Waals surface area contributed by atoms with Crippen LogP contribution in [0, 0.1) is 0 Å². The molecule has 4 nitrogen and oxygen atoms in total. The van der Waals surface area contributed by atoms with E-state index < -0.39 is 0 Å². The summed E-state index contributed by atoms with van der Waals surface area (Å²) in [5, 5.41) is 6.51. The maximum atomic E-state index is 11.9. The summed E-state index contributed by atoms with van der Waals surface area (Å²) in [5.41, 5.74) is 0. The third kappa shape index (κ3) is 8.42. The number of carbonyl (C=O) groups is 1. The van der Waals surface area contributed by atoms with Gasteiger partial charge in [-0.25, -0.2) is 0 Å². The van der Waals surface area contributed by atoms with Crippen molar-refractivity contribution in [3.8, 4) is 0 Å². The second-order valence-electron chi connectivity index (χ2n) is 6.35. The van der Waals surface area contributed by atoms with Gasteiger partial charge in [0.15, 0.2) is 0 Å². The first kappa shape index (κ1) is 18.4. The molecule has 0 saturated heterocycles. The van der Waals surface area contributed by atoms with Crippen LogP contribution >= 0.6 is 0 Å². The summed E-state index contributed by atoms with van der Waals surface area (Å²) in [6, 6.07) is 0.837. The normalized spacial score (nSPS) is 17.9. The van der Waals surface area contributed by atoms with Gasteiger partial charge in [0, 0.05) is 12.1 Å². The fraction of sp³-hybridized carbons (Fsp3) is 0.941. The zero-order valence-electron chi connectivity index (χ0n) is 14.3. The standard InChI is InChI=1S/C17H35N3O/c1-4-20(5-2)13-9-10-15(3)18-14-17(21)19-16-11-7-6-8-12-16/h15-16,18H,4-14H2,1-3H3,(H,19,21). The Bertz CT molecular complexity index is 273. The molecule has 1 unspecified atom stereocenters. The van der Waals surface area contributed by atoms with E-state index in [1.807, 2.05) is 0 Å². The number of nitrogens with one attached hydrogen (secondary N) is 2. The Balaban J connectivity index is 2.05. The number of hydrogen-bond acceptors (Lipinski definition) is 3. The van der Waals surface area contributed by atoms with Gasteiger partial charge < -0.3 is 15.5 Å². The lowest BCUT2D eigenvalue weighted by atomic mass is 9.95. The largest absolute Gasteiger partial charge is 0.352 e. The third-order valence-electron chi connectivity index (χ3n) is 4.59. The van der Waals surface area contributed by atoms with Crippen molar-refractivity contribution in [1.29, 1.82) is 0 Å². The molecule has 4 heteroatoms. The minimum absolute atomic E-state index is 0.164. The van der Waals surface area contributed by atoms with Crippen LogP contribution in [0.3, 0.4) is 0 Å². The molecule has 0 radical (unpaired) electrons. The average Bonchev–Trinajstić information content (AvgIpc) is 2.50. The molecule has 2 N–H and O–H groups in total. The number of rotatable bonds is 10. The highest BCUT2D eigenvalue weighted by Crippen LogP contribution is 2.17. The van der Waals surface area contributed by atoms with Crippen LogP contribution in [0.5, 0.6) is 0 Å². The van der Waals surface area contributed by atoms with Crippen molar-refractivity contribution >= 4 is 5.91 Å². The SMILES string of the molecule is CCN(CC)CCCC(C)NCC(=O)NC1CCCCC1. The van der Waals surface area contributed by atoms with E-state index in [4.69, 9.17) is 0 Å². The summed E-state index contributed by atoms with van der Waals surface area (Å²) >= 11 is 0. The molecule has 0 aromatic carbocycles. The lowest BCUT2D eigenvalue weighted by molar-refractivity contribution is -0.121. The van der Waals surface area contributed by atoms with Crippen LogP contribution in [0.15, 0.2) is 0 Å². The summed E-state index contributed by atoms with van der Waals surface area (Å²) in [4.78, 5) is 14.4. The van der Waals surface area contributed by atoms with E-state index in [2.05, 4.69) is 36.3 Å². The minimum atomic E-state index is 0.164. The van der Waals surface area contributed by atoms with Gasteiger partial charge in [0.25, 0.3) is 0 Å². The number of amides is 1. The molecule has 0 aliphatic heterocycles. The summed E-state index contributed by atoms with van der Waals surface area (Å²) in [7, 11) is 0. The molecule has 124 valence electrons. The molecule has 0 bridgehead atoms. The Morgan fingerprint density at radius 2 is 1.86 bits per heavy atom. The number of carbonyl (C=O) groups excluding carboxylic acids is 1. The Hall–Kier alpha value is -0.610.